The number of alkyl halides is 2. The molecule has 0 spiro atoms. The highest BCUT2D eigenvalue weighted by Gasteiger charge is 2.16. The van der Waals surface area contributed by atoms with Gasteiger partial charge in [-0.3, -0.25) is 4.79 Å². The number of anilines is 1. The van der Waals surface area contributed by atoms with Crippen molar-refractivity contribution in [3.63, 3.8) is 0 Å². The second-order valence-electron chi connectivity index (χ2n) is 4.54. The summed E-state index contributed by atoms with van der Waals surface area (Å²) in [5.41, 5.74) is 0.454. The zero-order chi connectivity index (χ0) is 17.7. The molecule has 0 saturated heterocycles. The number of rotatable bonds is 6. The first-order chi connectivity index (χ1) is 11.4. The van der Waals surface area contributed by atoms with E-state index in [4.69, 9.17) is 21.1 Å². The molecule has 0 aromatic heterocycles. The molecule has 128 valence electrons. The molecule has 1 N–H and O–H groups in total. The van der Waals surface area contributed by atoms with Gasteiger partial charge in [-0.15, -0.1) is 0 Å². The molecule has 0 aliphatic carbocycles. The Hall–Kier alpha value is -2.54. The van der Waals surface area contributed by atoms with Gasteiger partial charge in [0.15, 0.2) is 11.5 Å². The van der Waals surface area contributed by atoms with Crippen molar-refractivity contribution in [2.24, 2.45) is 0 Å². The largest absolute Gasteiger partial charge is 0.496 e. The van der Waals surface area contributed by atoms with Crippen LogP contribution in [0.2, 0.25) is 5.02 Å². The van der Waals surface area contributed by atoms with Crippen LogP contribution >= 0.6 is 11.6 Å². The van der Waals surface area contributed by atoms with Gasteiger partial charge in [0.25, 0.3) is 5.91 Å². The minimum atomic E-state index is -3.02. The van der Waals surface area contributed by atoms with E-state index in [-0.39, 0.29) is 22.7 Å². The van der Waals surface area contributed by atoms with Crippen LogP contribution in [0.15, 0.2) is 36.4 Å². The van der Waals surface area contributed by atoms with Crippen molar-refractivity contribution in [3.05, 3.63) is 47.0 Å². The average molecular weight is 358 g/mol. The summed E-state index contributed by atoms with van der Waals surface area (Å²) in [6.07, 6.45) is 0. The Labute approximate surface area is 142 Å². The molecule has 0 aliphatic heterocycles. The molecule has 0 fully saturated rings. The van der Waals surface area contributed by atoms with Crippen LogP contribution in [0.1, 0.15) is 10.4 Å². The Morgan fingerprint density at radius 2 is 1.71 bits per heavy atom. The predicted octanol–water partition coefficient (Wildman–Crippen LogP) is 4.21. The number of halogens is 3. The Kier molecular flexibility index (Phi) is 5.81. The SMILES string of the molecule is COc1ccc(NC(=O)c2cc(Cl)ccc2OC)cc1OC(F)F. The first kappa shape index (κ1) is 17.8. The number of hydrogen-bond donors (Lipinski definition) is 1. The summed E-state index contributed by atoms with van der Waals surface area (Å²) >= 11 is 5.89. The zero-order valence-corrected chi connectivity index (χ0v) is 13.6. The lowest BCUT2D eigenvalue weighted by Crippen LogP contribution is -2.13. The number of hydrogen-bond acceptors (Lipinski definition) is 4. The number of amides is 1. The Balaban J connectivity index is 2.27. The minimum Gasteiger partial charge on any atom is -0.496 e. The van der Waals surface area contributed by atoms with Crippen LogP contribution in [0.5, 0.6) is 17.2 Å². The summed E-state index contributed by atoms with van der Waals surface area (Å²) in [7, 11) is 2.74. The lowest BCUT2D eigenvalue weighted by atomic mass is 10.1. The Morgan fingerprint density at radius 1 is 1.04 bits per heavy atom. The van der Waals surface area contributed by atoms with Crippen LogP contribution in [0.3, 0.4) is 0 Å². The second-order valence-corrected chi connectivity index (χ2v) is 4.98. The third-order valence-electron chi connectivity index (χ3n) is 3.04. The van der Waals surface area contributed by atoms with E-state index in [2.05, 4.69) is 10.1 Å². The van der Waals surface area contributed by atoms with E-state index in [0.29, 0.717) is 10.8 Å². The van der Waals surface area contributed by atoms with Gasteiger partial charge in [-0.2, -0.15) is 8.78 Å². The van der Waals surface area contributed by atoms with E-state index in [1.165, 1.54) is 38.5 Å². The van der Waals surface area contributed by atoms with E-state index in [1.54, 1.807) is 12.1 Å². The number of nitrogens with one attached hydrogen (secondary N) is 1. The van der Waals surface area contributed by atoms with Gasteiger partial charge in [0.1, 0.15) is 5.75 Å². The molecule has 0 aliphatic rings. The van der Waals surface area contributed by atoms with E-state index < -0.39 is 12.5 Å². The Bertz CT molecular complexity index is 740. The molecule has 5 nitrogen and oxygen atoms in total. The van der Waals surface area contributed by atoms with Gasteiger partial charge in [0, 0.05) is 16.8 Å². The van der Waals surface area contributed by atoms with Gasteiger partial charge >= 0.3 is 6.61 Å². The Morgan fingerprint density at radius 3 is 2.33 bits per heavy atom. The number of ether oxygens (including phenoxy) is 3. The molecule has 2 rings (SSSR count). The molecule has 1 amide bonds. The molecule has 2 aromatic carbocycles. The molecule has 0 bridgehead atoms. The smallest absolute Gasteiger partial charge is 0.387 e. The van der Waals surface area contributed by atoms with Gasteiger partial charge in [-0.05, 0) is 30.3 Å². The van der Waals surface area contributed by atoms with Crippen molar-refractivity contribution in [2.75, 3.05) is 19.5 Å². The quantitative estimate of drug-likeness (QED) is 0.841. The van der Waals surface area contributed by atoms with Crippen LogP contribution in [0.4, 0.5) is 14.5 Å². The maximum atomic E-state index is 12.4. The lowest BCUT2D eigenvalue weighted by molar-refractivity contribution is -0.0511. The van der Waals surface area contributed by atoms with E-state index in [1.807, 2.05) is 0 Å². The third-order valence-corrected chi connectivity index (χ3v) is 3.28. The van der Waals surface area contributed by atoms with Crippen LogP contribution in [0, 0.1) is 0 Å². The lowest BCUT2D eigenvalue weighted by Gasteiger charge is -2.13. The van der Waals surface area contributed by atoms with Crippen molar-refractivity contribution in [3.8, 4) is 17.2 Å². The van der Waals surface area contributed by atoms with Gasteiger partial charge in [-0.1, -0.05) is 11.6 Å². The molecule has 2 aromatic rings. The second kappa shape index (κ2) is 7.83. The molecule has 0 atom stereocenters. The van der Waals surface area contributed by atoms with Crippen molar-refractivity contribution in [2.45, 2.75) is 6.61 Å². The van der Waals surface area contributed by atoms with Crippen LogP contribution in [0.25, 0.3) is 0 Å². The predicted molar refractivity (Wildman–Crippen MR) is 85.6 cm³/mol. The summed E-state index contributed by atoms with van der Waals surface area (Å²) in [6.45, 7) is -3.02. The molecule has 8 heteroatoms. The fraction of sp³-hybridized carbons (Fsp3) is 0.188. The van der Waals surface area contributed by atoms with Crippen molar-refractivity contribution in [1.29, 1.82) is 0 Å². The summed E-state index contributed by atoms with van der Waals surface area (Å²) in [5.74, 6) is -0.256. The van der Waals surface area contributed by atoms with Crippen LogP contribution < -0.4 is 19.5 Å². The van der Waals surface area contributed by atoms with Crippen molar-refractivity contribution < 1.29 is 27.8 Å². The number of benzene rings is 2. The van der Waals surface area contributed by atoms with Gasteiger partial charge < -0.3 is 19.5 Å². The van der Waals surface area contributed by atoms with E-state index in [0.717, 1.165) is 0 Å². The maximum absolute atomic E-state index is 12.4. The standard InChI is InChI=1S/C16H14ClF2NO4/c1-22-12-5-3-9(17)7-11(12)15(21)20-10-4-6-13(23-2)14(8-10)24-16(18)19/h3-8,16H,1-2H3,(H,20,21). The van der Waals surface area contributed by atoms with Crippen molar-refractivity contribution >= 4 is 23.2 Å². The number of carbonyl (C=O) groups excluding carboxylic acids is 1. The fourth-order valence-corrected chi connectivity index (χ4v) is 2.17. The molecule has 0 heterocycles. The molecule has 0 radical (unpaired) electrons. The minimum absolute atomic E-state index is 0.119. The fourth-order valence-electron chi connectivity index (χ4n) is 2.00. The first-order valence-electron chi connectivity index (χ1n) is 6.72. The summed E-state index contributed by atoms with van der Waals surface area (Å²) in [4.78, 5) is 12.4. The monoisotopic (exact) mass is 357 g/mol. The molecule has 0 unspecified atom stereocenters. The average Bonchev–Trinajstić information content (AvgIpc) is 2.54. The van der Waals surface area contributed by atoms with Gasteiger partial charge in [0.2, 0.25) is 0 Å². The van der Waals surface area contributed by atoms with Crippen LogP contribution in [-0.4, -0.2) is 26.7 Å². The number of carbonyl (C=O) groups is 1. The topological polar surface area (TPSA) is 56.8 Å². The molecular formula is C16H14ClF2NO4. The summed E-state index contributed by atoms with van der Waals surface area (Å²) in [6, 6.07) is 8.71. The van der Waals surface area contributed by atoms with E-state index in [9.17, 15) is 13.6 Å². The highest BCUT2D eigenvalue weighted by Crippen LogP contribution is 2.32. The normalized spacial score (nSPS) is 10.4. The molecule has 0 saturated carbocycles. The third kappa shape index (κ3) is 4.26. The first-order valence-corrected chi connectivity index (χ1v) is 7.10. The van der Waals surface area contributed by atoms with Crippen LogP contribution in [-0.2, 0) is 0 Å². The molecular weight excluding hydrogens is 344 g/mol. The maximum Gasteiger partial charge on any atom is 0.387 e. The summed E-state index contributed by atoms with van der Waals surface area (Å²) < 4.78 is 39.3. The number of methoxy groups -OCH3 is 2. The summed E-state index contributed by atoms with van der Waals surface area (Å²) in [5, 5.41) is 2.93. The highest BCUT2D eigenvalue weighted by molar-refractivity contribution is 6.31. The van der Waals surface area contributed by atoms with Crippen molar-refractivity contribution in [1.82, 2.24) is 0 Å². The zero-order valence-electron chi connectivity index (χ0n) is 12.8. The highest BCUT2D eigenvalue weighted by atomic mass is 35.5. The van der Waals surface area contributed by atoms with E-state index >= 15 is 0 Å². The molecule has 24 heavy (non-hydrogen) atoms. The van der Waals surface area contributed by atoms with Gasteiger partial charge in [0.05, 0.1) is 19.8 Å². The van der Waals surface area contributed by atoms with Gasteiger partial charge in [-0.25, -0.2) is 0 Å².